The Labute approximate surface area is 185 Å². The molecule has 1 N–H and O–H groups in total. The monoisotopic (exact) mass is 453 g/mol. The van der Waals surface area contributed by atoms with Gasteiger partial charge in [-0.3, -0.25) is 13.9 Å². The molecule has 4 aromatic rings. The molecule has 6 nitrogen and oxygen atoms in total. The molecule has 0 amide bonds. The minimum atomic E-state index is -3.80. The number of nitrogens with one attached hydrogen (secondary N) is 1. The fraction of sp³-hybridized carbons (Fsp3) is 0.174. The highest BCUT2D eigenvalue weighted by Gasteiger charge is 2.19. The van der Waals surface area contributed by atoms with Gasteiger partial charge in [0.05, 0.1) is 21.6 Å². The molecule has 31 heavy (non-hydrogen) atoms. The van der Waals surface area contributed by atoms with E-state index in [1.165, 1.54) is 16.3 Å². The molecule has 4 rings (SSSR count). The number of nitrogens with zero attached hydrogens (tertiary/aromatic N) is 2. The molecule has 8 heteroatoms. The van der Waals surface area contributed by atoms with Gasteiger partial charge in [0.15, 0.2) is 0 Å². The maximum absolute atomic E-state index is 13.1. The van der Waals surface area contributed by atoms with Gasteiger partial charge in [-0.2, -0.15) is 0 Å². The Morgan fingerprint density at radius 3 is 2.13 bits per heavy atom. The van der Waals surface area contributed by atoms with Gasteiger partial charge >= 0.3 is 5.69 Å². The van der Waals surface area contributed by atoms with E-state index in [0.717, 1.165) is 22.4 Å². The van der Waals surface area contributed by atoms with Crippen molar-refractivity contribution in [1.82, 2.24) is 9.13 Å². The molecule has 0 fully saturated rings. The number of aryl methyl sites for hydroxylation is 3. The van der Waals surface area contributed by atoms with Crippen molar-refractivity contribution in [1.29, 1.82) is 0 Å². The molecule has 3 aromatic carbocycles. The van der Waals surface area contributed by atoms with Gasteiger partial charge in [-0.05, 0) is 48.4 Å². The SMILES string of the molecule is CCc1ccc(S(=O)(=O)Nc2cc3c(cc2Sc2ccccc2)n(C)c(=O)n3C)cc1. The number of sulfonamides is 1. The minimum Gasteiger partial charge on any atom is -0.295 e. The molecule has 0 saturated heterocycles. The summed E-state index contributed by atoms with van der Waals surface area (Å²) in [6.45, 7) is 2.02. The van der Waals surface area contributed by atoms with E-state index in [4.69, 9.17) is 0 Å². The van der Waals surface area contributed by atoms with Crippen LogP contribution in [0.25, 0.3) is 11.0 Å². The van der Waals surface area contributed by atoms with Gasteiger partial charge in [0.2, 0.25) is 0 Å². The number of hydrogen-bond donors (Lipinski definition) is 1. The number of rotatable bonds is 6. The fourth-order valence-electron chi connectivity index (χ4n) is 3.41. The molecule has 0 bridgehead atoms. The van der Waals surface area contributed by atoms with Gasteiger partial charge in [-0.15, -0.1) is 0 Å². The fourth-order valence-corrected chi connectivity index (χ4v) is 5.49. The second-order valence-electron chi connectivity index (χ2n) is 7.26. The van der Waals surface area contributed by atoms with E-state index in [1.807, 2.05) is 55.5 Å². The molecule has 0 atom stereocenters. The summed E-state index contributed by atoms with van der Waals surface area (Å²) in [6.07, 6.45) is 0.838. The maximum Gasteiger partial charge on any atom is 0.328 e. The van der Waals surface area contributed by atoms with Crippen LogP contribution in [-0.4, -0.2) is 17.6 Å². The van der Waals surface area contributed by atoms with Crippen LogP contribution in [0, 0.1) is 0 Å². The van der Waals surface area contributed by atoms with Crippen molar-refractivity contribution in [2.45, 2.75) is 28.0 Å². The van der Waals surface area contributed by atoms with E-state index in [9.17, 15) is 13.2 Å². The minimum absolute atomic E-state index is 0.166. The Kier molecular flexibility index (Phi) is 5.68. The van der Waals surface area contributed by atoms with Crippen molar-refractivity contribution in [2.24, 2.45) is 14.1 Å². The molecule has 1 heterocycles. The van der Waals surface area contributed by atoms with Crippen LogP contribution >= 0.6 is 11.8 Å². The summed E-state index contributed by atoms with van der Waals surface area (Å²) in [5.41, 5.74) is 2.73. The average Bonchev–Trinajstić information content (AvgIpc) is 2.98. The standard InChI is InChI=1S/C23H23N3O3S2/c1-4-16-10-12-18(13-11-16)31(28,29)24-19-14-20-21(26(3)23(27)25(20)2)15-22(19)30-17-8-6-5-7-9-17/h5-15,24H,4H2,1-3H3. The Balaban J connectivity index is 1.83. The molecule has 0 unspecified atom stereocenters. The summed E-state index contributed by atoms with van der Waals surface area (Å²) in [4.78, 5) is 14.3. The van der Waals surface area contributed by atoms with Crippen molar-refractivity contribution < 1.29 is 8.42 Å². The molecule has 0 radical (unpaired) electrons. The summed E-state index contributed by atoms with van der Waals surface area (Å²) in [5, 5.41) is 0. The molecule has 0 spiro atoms. The Bertz CT molecular complexity index is 1400. The topological polar surface area (TPSA) is 73.1 Å². The average molecular weight is 454 g/mol. The predicted molar refractivity (Wildman–Crippen MR) is 125 cm³/mol. The Hall–Kier alpha value is -2.97. The number of imidazole rings is 1. The second kappa shape index (κ2) is 8.28. The lowest BCUT2D eigenvalue weighted by Gasteiger charge is -2.14. The highest BCUT2D eigenvalue weighted by molar-refractivity contribution is 7.99. The maximum atomic E-state index is 13.1. The number of aromatic nitrogens is 2. The molecule has 0 aliphatic carbocycles. The first kappa shape index (κ1) is 21.3. The number of fused-ring (bicyclic) bond motifs is 1. The van der Waals surface area contributed by atoms with E-state index in [1.54, 1.807) is 36.9 Å². The first-order valence-electron chi connectivity index (χ1n) is 9.84. The zero-order chi connectivity index (χ0) is 22.2. The molecule has 0 saturated carbocycles. The van der Waals surface area contributed by atoms with Crippen LogP contribution in [0.2, 0.25) is 0 Å². The first-order valence-corrected chi connectivity index (χ1v) is 12.1. The van der Waals surface area contributed by atoms with Crippen molar-refractivity contribution in [3.8, 4) is 0 Å². The lowest BCUT2D eigenvalue weighted by atomic mass is 10.2. The van der Waals surface area contributed by atoms with Crippen LogP contribution in [0.1, 0.15) is 12.5 Å². The van der Waals surface area contributed by atoms with Gasteiger partial charge in [0.1, 0.15) is 0 Å². The van der Waals surface area contributed by atoms with Crippen LogP contribution in [0.4, 0.5) is 5.69 Å². The Morgan fingerprint density at radius 2 is 1.52 bits per heavy atom. The number of benzene rings is 3. The molecular formula is C23H23N3O3S2. The van der Waals surface area contributed by atoms with Crippen LogP contribution in [-0.2, 0) is 30.5 Å². The number of anilines is 1. The second-order valence-corrected chi connectivity index (χ2v) is 10.1. The lowest BCUT2D eigenvalue weighted by molar-refractivity contribution is 0.601. The van der Waals surface area contributed by atoms with E-state index >= 15 is 0 Å². The number of hydrogen-bond acceptors (Lipinski definition) is 4. The quantitative estimate of drug-likeness (QED) is 0.470. The first-order chi connectivity index (χ1) is 14.8. The third-order valence-electron chi connectivity index (χ3n) is 5.23. The smallest absolute Gasteiger partial charge is 0.295 e. The normalized spacial score (nSPS) is 11.7. The van der Waals surface area contributed by atoms with Crippen LogP contribution in [0.15, 0.2) is 86.2 Å². The van der Waals surface area contributed by atoms with E-state index in [0.29, 0.717) is 16.1 Å². The van der Waals surface area contributed by atoms with Crippen LogP contribution in [0.3, 0.4) is 0 Å². The highest BCUT2D eigenvalue weighted by Crippen LogP contribution is 2.37. The highest BCUT2D eigenvalue weighted by atomic mass is 32.2. The van der Waals surface area contributed by atoms with E-state index < -0.39 is 10.0 Å². The van der Waals surface area contributed by atoms with Crippen molar-refractivity contribution in [3.63, 3.8) is 0 Å². The lowest BCUT2D eigenvalue weighted by Crippen LogP contribution is -2.19. The van der Waals surface area contributed by atoms with Crippen molar-refractivity contribution in [3.05, 3.63) is 82.8 Å². The zero-order valence-corrected chi connectivity index (χ0v) is 19.1. The van der Waals surface area contributed by atoms with Crippen LogP contribution in [0.5, 0.6) is 0 Å². The molecule has 0 aliphatic rings. The third-order valence-corrected chi connectivity index (χ3v) is 7.68. The largest absolute Gasteiger partial charge is 0.328 e. The summed E-state index contributed by atoms with van der Waals surface area (Å²) >= 11 is 1.44. The van der Waals surface area contributed by atoms with E-state index in [2.05, 4.69) is 4.72 Å². The molecule has 0 aliphatic heterocycles. The summed E-state index contributed by atoms with van der Waals surface area (Å²) in [5.74, 6) is 0. The molecule has 160 valence electrons. The molecular weight excluding hydrogens is 430 g/mol. The summed E-state index contributed by atoms with van der Waals surface area (Å²) in [6, 6.07) is 20.1. The molecule has 1 aromatic heterocycles. The van der Waals surface area contributed by atoms with Gasteiger partial charge in [0, 0.05) is 23.9 Å². The van der Waals surface area contributed by atoms with Gasteiger partial charge in [-0.1, -0.05) is 49.0 Å². The zero-order valence-electron chi connectivity index (χ0n) is 17.5. The Morgan fingerprint density at radius 1 is 0.903 bits per heavy atom. The third kappa shape index (κ3) is 4.13. The van der Waals surface area contributed by atoms with E-state index in [-0.39, 0.29) is 10.6 Å². The van der Waals surface area contributed by atoms with Gasteiger partial charge in [-0.25, -0.2) is 13.2 Å². The van der Waals surface area contributed by atoms with Crippen molar-refractivity contribution in [2.75, 3.05) is 4.72 Å². The van der Waals surface area contributed by atoms with Crippen molar-refractivity contribution >= 4 is 38.5 Å². The summed E-state index contributed by atoms with van der Waals surface area (Å²) < 4.78 is 32.0. The predicted octanol–water partition coefficient (Wildman–Crippen LogP) is 4.39. The van der Waals surface area contributed by atoms with Crippen LogP contribution < -0.4 is 10.4 Å². The summed E-state index contributed by atoms with van der Waals surface area (Å²) in [7, 11) is -0.409. The van der Waals surface area contributed by atoms with Gasteiger partial charge < -0.3 is 0 Å². The van der Waals surface area contributed by atoms with Gasteiger partial charge in [0.25, 0.3) is 10.0 Å².